The Balaban J connectivity index is 1.56. The average Bonchev–Trinajstić information content (AvgIpc) is 3.43. The number of carbonyl (C=O) groups excluding carboxylic acids is 1. The molecule has 6 nitrogen and oxygen atoms in total. The van der Waals surface area contributed by atoms with Crippen LogP contribution < -0.4 is 5.32 Å². The first-order chi connectivity index (χ1) is 14.2. The van der Waals surface area contributed by atoms with E-state index in [2.05, 4.69) is 15.5 Å². The van der Waals surface area contributed by atoms with E-state index in [9.17, 15) is 4.79 Å². The maximum absolute atomic E-state index is 13.4. The lowest BCUT2D eigenvalue weighted by molar-refractivity contribution is 0.0427. The Hall–Kier alpha value is -2.83. The minimum Gasteiger partial charge on any atom is -0.376 e. The van der Waals surface area contributed by atoms with E-state index in [1.165, 1.54) is 0 Å². The van der Waals surface area contributed by atoms with Gasteiger partial charge in [-0.15, -0.1) is 0 Å². The van der Waals surface area contributed by atoms with Crippen LogP contribution in [0.4, 0.5) is 5.69 Å². The standard InChI is InChI=1S/C22H21ClN4O2/c23-15-9-7-14(8-10-15)20-18(12-24-26-20)21-25-19-6-2-1-5-17(19)22(28)27(21)13-16-4-3-11-29-16/h1-2,5-10,12,16,21,25H,3-4,11,13H2,(H,24,26)/t16-,21+/m0/s1. The number of para-hydroxylation sites is 1. The van der Waals surface area contributed by atoms with Crippen molar-refractivity contribution in [1.29, 1.82) is 0 Å². The Bertz CT molecular complexity index is 1030. The first kappa shape index (κ1) is 18.2. The van der Waals surface area contributed by atoms with Crippen molar-refractivity contribution in [2.45, 2.75) is 25.1 Å². The quantitative estimate of drug-likeness (QED) is 0.668. The molecule has 1 aromatic heterocycles. The van der Waals surface area contributed by atoms with Gasteiger partial charge in [0.15, 0.2) is 0 Å². The molecule has 2 atom stereocenters. The predicted molar refractivity (Wildman–Crippen MR) is 112 cm³/mol. The smallest absolute Gasteiger partial charge is 0.257 e. The molecule has 1 amide bonds. The molecule has 0 bridgehead atoms. The largest absolute Gasteiger partial charge is 0.376 e. The molecule has 1 fully saturated rings. The van der Waals surface area contributed by atoms with Gasteiger partial charge >= 0.3 is 0 Å². The van der Waals surface area contributed by atoms with Crippen LogP contribution in [0.25, 0.3) is 11.3 Å². The number of hydrogen-bond donors (Lipinski definition) is 2. The Labute approximate surface area is 173 Å². The first-order valence-corrected chi connectivity index (χ1v) is 10.2. The topological polar surface area (TPSA) is 70.2 Å². The number of amides is 1. The second kappa shape index (κ2) is 7.54. The number of H-pyrrole nitrogens is 1. The van der Waals surface area contributed by atoms with Crippen LogP contribution in [0.15, 0.2) is 54.7 Å². The SMILES string of the molecule is O=C1c2ccccc2N[C@@H](c2cn[nH]c2-c2ccc(Cl)cc2)N1C[C@@H]1CCCO1. The summed E-state index contributed by atoms with van der Waals surface area (Å²) in [6.07, 6.45) is 3.49. The Morgan fingerprint density at radius 2 is 2.00 bits per heavy atom. The third-order valence-electron chi connectivity index (χ3n) is 5.54. The normalized spacial score (nSPS) is 21.1. The highest BCUT2D eigenvalue weighted by atomic mass is 35.5. The summed E-state index contributed by atoms with van der Waals surface area (Å²) in [5, 5.41) is 11.6. The van der Waals surface area contributed by atoms with E-state index in [0.29, 0.717) is 17.1 Å². The van der Waals surface area contributed by atoms with Crippen LogP contribution in [0.1, 0.15) is 34.9 Å². The van der Waals surface area contributed by atoms with E-state index in [4.69, 9.17) is 16.3 Å². The number of aromatic nitrogens is 2. The Kier molecular flexibility index (Phi) is 4.73. The van der Waals surface area contributed by atoms with E-state index < -0.39 is 0 Å². The number of aromatic amines is 1. The van der Waals surface area contributed by atoms with Crippen molar-refractivity contribution in [1.82, 2.24) is 15.1 Å². The van der Waals surface area contributed by atoms with Gasteiger partial charge in [0, 0.05) is 35.0 Å². The fourth-order valence-corrected chi connectivity index (χ4v) is 4.21. The van der Waals surface area contributed by atoms with Gasteiger partial charge in [-0.3, -0.25) is 9.89 Å². The minimum atomic E-state index is -0.342. The summed E-state index contributed by atoms with van der Waals surface area (Å²) in [6, 6.07) is 15.2. The lowest BCUT2D eigenvalue weighted by atomic mass is 10.0. The Morgan fingerprint density at radius 3 is 2.79 bits per heavy atom. The van der Waals surface area contributed by atoms with Crippen molar-refractivity contribution in [3.05, 3.63) is 70.9 Å². The molecule has 0 unspecified atom stereocenters. The number of halogens is 1. The van der Waals surface area contributed by atoms with Gasteiger partial charge < -0.3 is 15.0 Å². The second-order valence-corrected chi connectivity index (χ2v) is 7.83. The van der Waals surface area contributed by atoms with E-state index in [-0.39, 0.29) is 18.2 Å². The number of rotatable bonds is 4. The molecule has 5 rings (SSSR count). The van der Waals surface area contributed by atoms with Crippen molar-refractivity contribution >= 4 is 23.2 Å². The van der Waals surface area contributed by atoms with Gasteiger partial charge in [0.05, 0.1) is 23.6 Å². The maximum Gasteiger partial charge on any atom is 0.257 e. The number of ether oxygens (including phenoxy) is 1. The van der Waals surface area contributed by atoms with Crippen molar-refractivity contribution in [3.8, 4) is 11.3 Å². The third-order valence-corrected chi connectivity index (χ3v) is 5.79. The first-order valence-electron chi connectivity index (χ1n) is 9.78. The number of carbonyl (C=O) groups is 1. The number of anilines is 1. The monoisotopic (exact) mass is 408 g/mol. The molecule has 148 valence electrons. The van der Waals surface area contributed by atoms with Gasteiger partial charge in [-0.25, -0.2) is 0 Å². The van der Waals surface area contributed by atoms with Gasteiger partial charge in [-0.05, 0) is 37.1 Å². The molecule has 3 aromatic rings. The number of hydrogen-bond acceptors (Lipinski definition) is 4. The highest BCUT2D eigenvalue weighted by Crippen LogP contribution is 2.37. The van der Waals surface area contributed by atoms with E-state index in [0.717, 1.165) is 42.0 Å². The molecule has 2 aliphatic heterocycles. The summed E-state index contributed by atoms with van der Waals surface area (Å²) in [4.78, 5) is 15.2. The minimum absolute atomic E-state index is 0.00288. The molecule has 0 saturated carbocycles. The van der Waals surface area contributed by atoms with Gasteiger partial charge in [-0.1, -0.05) is 35.9 Å². The molecule has 29 heavy (non-hydrogen) atoms. The van der Waals surface area contributed by atoms with E-state index in [1.54, 1.807) is 6.20 Å². The summed E-state index contributed by atoms with van der Waals surface area (Å²) in [5.41, 5.74) is 4.25. The van der Waals surface area contributed by atoms with Crippen LogP contribution >= 0.6 is 11.6 Å². The summed E-state index contributed by atoms with van der Waals surface area (Å²) >= 11 is 6.05. The van der Waals surface area contributed by atoms with Crippen molar-refractivity contribution in [2.75, 3.05) is 18.5 Å². The number of benzene rings is 2. The molecular weight excluding hydrogens is 388 g/mol. The molecule has 2 N–H and O–H groups in total. The Morgan fingerprint density at radius 1 is 1.17 bits per heavy atom. The molecule has 2 aliphatic rings. The predicted octanol–water partition coefficient (Wildman–Crippen LogP) is 4.48. The van der Waals surface area contributed by atoms with Crippen molar-refractivity contribution < 1.29 is 9.53 Å². The summed E-state index contributed by atoms with van der Waals surface area (Å²) in [5.74, 6) is 0.00288. The van der Waals surface area contributed by atoms with Crippen LogP contribution in [0.3, 0.4) is 0 Å². The van der Waals surface area contributed by atoms with Gasteiger partial charge in [0.25, 0.3) is 5.91 Å². The molecular formula is C22H21ClN4O2. The molecule has 1 saturated heterocycles. The zero-order chi connectivity index (χ0) is 19.8. The highest BCUT2D eigenvalue weighted by molar-refractivity contribution is 6.30. The van der Waals surface area contributed by atoms with Crippen molar-refractivity contribution in [2.24, 2.45) is 0 Å². The average molecular weight is 409 g/mol. The van der Waals surface area contributed by atoms with E-state index in [1.807, 2.05) is 53.4 Å². The van der Waals surface area contributed by atoms with Crippen LogP contribution in [-0.2, 0) is 4.74 Å². The molecule has 0 spiro atoms. The van der Waals surface area contributed by atoms with Crippen molar-refractivity contribution in [3.63, 3.8) is 0 Å². The summed E-state index contributed by atoms with van der Waals surface area (Å²) in [6.45, 7) is 1.29. The van der Waals surface area contributed by atoms with Crippen LogP contribution in [-0.4, -0.2) is 40.3 Å². The number of fused-ring (bicyclic) bond motifs is 1. The molecule has 2 aromatic carbocycles. The van der Waals surface area contributed by atoms with Gasteiger partial charge in [0.1, 0.15) is 6.17 Å². The fraction of sp³-hybridized carbons (Fsp3) is 0.273. The van der Waals surface area contributed by atoms with Gasteiger partial charge in [-0.2, -0.15) is 5.10 Å². The molecule has 3 heterocycles. The van der Waals surface area contributed by atoms with Crippen LogP contribution in [0, 0.1) is 0 Å². The fourth-order valence-electron chi connectivity index (χ4n) is 4.08. The zero-order valence-corrected chi connectivity index (χ0v) is 16.5. The lowest BCUT2D eigenvalue weighted by Gasteiger charge is -2.39. The zero-order valence-electron chi connectivity index (χ0n) is 15.8. The lowest BCUT2D eigenvalue weighted by Crippen LogP contribution is -2.46. The highest BCUT2D eigenvalue weighted by Gasteiger charge is 2.36. The second-order valence-electron chi connectivity index (χ2n) is 7.39. The third kappa shape index (κ3) is 3.39. The number of nitrogens with zero attached hydrogens (tertiary/aromatic N) is 2. The summed E-state index contributed by atoms with van der Waals surface area (Å²) < 4.78 is 5.83. The molecule has 0 aliphatic carbocycles. The van der Waals surface area contributed by atoms with Crippen LogP contribution in [0.5, 0.6) is 0 Å². The van der Waals surface area contributed by atoms with E-state index >= 15 is 0 Å². The number of nitrogens with one attached hydrogen (secondary N) is 2. The molecule has 0 radical (unpaired) electrons. The van der Waals surface area contributed by atoms with Crippen LogP contribution in [0.2, 0.25) is 5.02 Å². The van der Waals surface area contributed by atoms with Gasteiger partial charge in [0.2, 0.25) is 0 Å². The molecule has 7 heteroatoms. The maximum atomic E-state index is 13.4. The summed E-state index contributed by atoms with van der Waals surface area (Å²) in [7, 11) is 0.